The summed E-state index contributed by atoms with van der Waals surface area (Å²) in [6.45, 7) is 6.68. The van der Waals surface area contributed by atoms with Crippen molar-refractivity contribution in [2.24, 2.45) is 0 Å². The van der Waals surface area contributed by atoms with Crippen molar-refractivity contribution in [1.82, 2.24) is 10.2 Å². The Morgan fingerprint density at radius 1 is 1.14 bits per heavy atom. The molecule has 2 aromatic carbocycles. The van der Waals surface area contributed by atoms with Crippen LogP contribution in [0.3, 0.4) is 0 Å². The van der Waals surface area contributed by atoms with Crippen LogP contribution in [-0.2, 0) is 16.1 Å². The molecule has 0 aliphatic heterocycles. The Labute approximate surface area is 181 Å². The fourth-order valence-electron chi connectivity index (χ4n) is 2.85. The number of carbonyl (C=O) groups excluding carboxylic acids is 2. The average Bonchev–Trinajstić information content (AvgIpc) is 2.72. The summed E-state index contributed by atoms with van der Waals surface area (Å²) >= 11 is 3.38. The molecular weight excluding hydrogens is 432 g/mol. The van der Waals surface area contributed by atoms with Crippen molar-refractivity contribution >= 4 is 27.7 Å². The van der Waals surface area contributed by atoms with E-state index in [4.69, 9.17) is 4.74 Å². The first-order valence-electron chi connectivity index (χ1n) is 9.92. The second kappa shape index (κ2) is 11.6. The van der Waals surface area contributed by atoms with Crippen LogP contribution >= 0.6 is 15.9 Å². The number of halogens is 1. The fraction of sp³-hybridized carbons (Fsp3) is 0.391. The minimum Gasteiger partial charge on any atom is -0.484 e. The third-order valence-corrected chi connectivity index (χ3v) is 5.30. The van der Waals surface area contributed by atoms with E-state index in [0.29, 0.717) is 18.8 Å². The largest absolute Gasteiger partial charge is 0.484 e. The van der Waals surface area contributed by atoms with Crippen molar-refractivity contribution in [3.63, 3.8) is 0 Å². The molecular formula is C23H29BrN2O3. The molecule has 0 spiro atoms. The number of aryl methyl sites for hydroxylation is 1. The van der Waals surface area contributed by atoms with E-state index >= 15 is 0 Å². The van der Waals surface area contributed by atoms with Crippen molar-refractivity contribution in [3.05, 3.63) is 64.1 Å². The smallest absolute Gasteiger partial charge is 0.261 e. The van der Waals surface area contributed by atoms with E-state index in [0.717, 1.165) is 28.4 Å². The van der Waals surface area contributed by atoms with Gasteiger partial charge in [0.05, 0.1) is 0 Å². The number of amides is 2. The third kappa shape index (κ3) is 7.20. The molecule has 1 atom stereocenters. The lowest BCUT2D eigenvalue weighted by atomic mass is 10.1. The summed E-state index contributed by atoms with van der Waals surface area (Å²) in [6, 6.07) is 14.6. The summed E-state index contributed by atoms with van der Waals surface area (Å²) in [6.07, 6.45) is 1.92. The van der Waals surface area contributed by atoms with Crippen LogP contribution in [-0.4, -0.2) is 35.9 Å². The van der Waals surface area contributed by atoms with Crippen LogP contribution < -0.4 is 10.1 Å². The van der Waals surface area contributed by atoms with E-state index in [1.54, 1.807) is 24.0 Å². The lowest BCUT2D eigenvalue weighted by Gasteiger charge is -2.29. The van der Waals surface area contributed by atoms with Gasteiger partial charge < -0.3 is 15.0 Å². The number of ether oxygens (including phenoxy) is 1. The van der Waals surface area contributed by atoms with E-state index in [-0.39, 0.29) is 18.4 Å². The SMILES string of the molecule is CCCCNC(=O)[C@@H](C)N(Cc1ccccc1C)C(=O)COc1ccc(Br)cc1. The Balaban J connectivity index is 2.11. The summed E-state index contributed by atoms with van der Waals surface area (Å²) < 4.78 is 6.60. The van der Waals surface area contributed by atoms with Crippen LogP contribution in [0.5, 0.6) is 5.75 Å². The average molecular weight is 461 g/mol. The Bertz CT molecular complexity index is 808. The highest BCUT2D eigenvalue weighted by atomic mass is 79.9. The van der Waals surface area contributed by atoms with Gasteiger partial charge in [0.25, 0.3) is 5.91 Å². The lowest BCUT2D eigenvalue weighted by molar-refractivity contribution is -0.142. The van der Waals surface area contributed by atoms with Gasteiger partial charge in [-0.2, -0.15) is 0 Å². The first-order valence-corrected chi connectivity index (χ1v) is 10.7. The van der Waals surface area contributed by atoms with Crippen molar-refractivity contribution < 1.29 is 14.3 Å². The number of hydrogen-bond donors (Lipinski definition) is 1. The second-order valence-corrected chi connectivity index (χ2v) is 7.93. The van der Waals surface area contributed by atoms with E-state index in [1.165, 1.54) is 0 Å². The molecule has 0 aliphatic rings. The first-order chi connectivity index (χ1) is 13.9. The molecule has 2 rings (SSSR count). The molecule has 2 amide bonds. The maximum atomic E-state index is 13.0. The molecule has 0 unspecified atom stereocenters. The van der Waals surface area contributed by atoms with Crippen LogP contribution in [0.25, 0.3) is 0 Å². The number of benzene rings is 2. The zero-order valence-corrected chi connectivity index (χ0v) is 18.9. The highest BCUT2D eigenvalue weighted by Gasteiger charge is 2.26. The molecule has 0 saturated heterocycles. The minimum atomic E-state index is -0.590. The number of nitrogens with zero attached hydrogens (tertiary/aromatic N) is 1. The van der Waals surface area contributed by atoms with E-state index in [1.807, 2.05) is 43.3 Å². The summed E-state index contributed by atoms with van der Waals surface area (Å²) in [5.41, 5.74) is 2.09. The zero-order valence-electron chi connectivity index (χ0n) is 17.3. The van der Waals surface area contributed by atoms with Crippen LogP contribution in [0.4, 0.5) is 0 Å². The van der Waals surface area contributed by atoms with Gasteiger partial charge >= 0.3 is 0 Å². The van der Waals surface area contributed by atoms with Crippen molar-refractivity contribution in [3.8, 4) is 5.75 Å². The molecule has 0 aliphatic carbocycles. The van der Waals surface area contributed by atoms with Gasteiger partial charge in [0.1, 0.15) is 11.8 Å². The van der Waals surface area contributed by atoms with Gasteiger partial charge in [-0.15, -0.1) is 0 Å². The molecule has 29 heavy (non-hydrogen) atoms. The zero-order chi connectivity index (χ0) is 21.2. The van der Waals surface area contributed by atoms with Crippen LogP contribution in [0.1, 0.15) is 37.8 Å². The molecule has 0 bridgehead atoms. The van der Waals surface area contributed by atoms with Gasteiger partial charge in [0.15, 0.2) is 6.61 Å². The van der Waals surface area contributed by atoms with Gasteiger partial charge in [0.2, 0.25) is 5.91 Å². The third-order valence-electron chi connectivity index (χ3n) is 4.77. The van der Waals surface area contributed by atoms with Gasteiger partial charge in [-0.05, 0) is 55.7 Å². The molecule has 0 heterocycles. The fourth-order valence-corrected chi connectivity index (χ4v) is 3.11. The van der Waals surface area contributed by atoms with E-state index < -0.39 is 6.04 Å². The van der Waals surface area contributed by atoms with Crippen molar-refractivity contribution in [1.29, 1.82) is 0 Å². The van der Waals surface area contributed by atoms with Gasteiger partial charge in [-0.3, -0.25) is 9.59 Å². The molecule has 0 fully saturated rings. The maximum Gasteiger partial charge on any atom is 0.261 e. The minimum absolute atomic E-state index is 0.125. The maximum absolute atomic E-state index is 13.0. The topological polar surface area (TPSA) is 58.6 Å². The first kappa shape index (κ1) is 22.9. The van der Waals surface area contributed by atoms with Crippen molar-refractivity contribution in [2.45, 2.75) is 46.2 Å². The van der Waals surface area contributed by atoms with Gasteiger partial charge in [0, 0.05) is 17.6 Å². The van der Waals surface area contributed by atoms with Gasteiger partial charge in [-0.1, -0.05) is 53.5 Å². The summed E-state index contributed by atoms with van der Waals surface area (Å²) in [5, 5.41) is 2.92. The summed E-state index contributed by atoms with van der Waals surface area (Å²) in [4.78, 5) is 27.2. The predicted octanol–water partition coefficient (Wildman–Crippen LogP) is 4.47. The number of unbranched alkanes of at least 4 members (excludes halogenated alkanes) is 1. The molecule has 2 aromatic rings. The van der Waals surface area contributed by atoms with E-state index in [2.05, 4.69) is 28.2 Å². The van der Waals surface area contributed by atoms with Crippen LogP contribution in [0.15, 0.2) is 53.0 Å². The monoisotopic (exact) mass is 460 g/mol. The Kier molecular flexibility index (Phi) is 9.19. The van der Waals surface area contributed by atoms with Crippen LogP contribution in [0, 0.1) is 6.92 Å². The lowest BCUT2D eigenvalue weighted by Crippen LogP contribution is -2.49. The van der Waals surface area contributed by atoms with Crippen LogP contribution in [0.2, 0.25) is 0 Å². The molecule has 6 heteroatoms. The molecule has 156 valence electrons. The number of nitrogens with one attached hydrogen (secondary N) is 1. The predicted molar refractivity (Wildman–Crippen MR) is 119 cm³/mol. The highest BCUT2D eigenvalue weighted by molar-refractivity contribution is 9.10. The number of rotatable bonds is 10. The standard InChI is InChI=1S/C23H29BrN2O3/c1-4-5-14-25-23(28)18(3)26(15-19-9-7-6-8-17(19)2)22(27)16-29-21-12-10-20(24)11-13-21/h6-13,18H,4-5,14-16H2,1-3H3,(H,25,28)/t18-/m1/s1. The molecule has 0 radical (unpaired) electrons. The highest BCUT2D eigenvalue weighted by Crippen LogP contribution is 2.17. The van der Waals surface area contributed by atoms with Crippen molar-refractivity contribution in [2.75, 3.05) is 13.2 Å². The van der Waals surface area contributed by atoms with E-state index in [9.17, 15) is 9.59 Å². The normalized spacial score (nSPS) is 11.6. The Morgan fingerprint density at radius 2 is 1.83 bits per heavy atom. The Hall–Kier alpha value is -2.34. The summed E-state index contributed by atoms with van der Waals surface area (Å²) in [7, 11) is 0. The quantitative estimate of drug-likeness (QED) is 0.532. The second-order valence-electron chi connectivity index (χ2n) is 7.01. The molecule has 5 nitrogen and oxygen atoms in total. The molecule has 1 N–H and O–H groups in total. The number of carbonyl (C=O) groups is 2. The Morgan fingerprint density at radius 3 is 2.48 bits per heavy atom. The molecule has 0 saturated carbocycles. The summed E-state index contributed by atoms with van der Waals surface area (Å²) in [5.74, 6) is 0.232. The molecule has 0 aromatic heterocycles. The van der Waals surface area contributed by atoms with Gasteiger partial charge in [-0.25, -0.2) is 0 Å². The number of hydrogen-bond acceptors (Lipinski definition) is 3.